The zero-order valence-electron chi connectivity index (χ0n) is 8.68. The summed E-state index contributed by atoms with van der Waals surface area (Å²) in [5.41, 5.74) is 0.356. The molecule has 0 fully saturated rings. The maximum atomic E-state index is 12.1. The van der Waals surface area contributed by atoms with E-state index in [1.165, 1.54) is 12.1 Å². The van der Waals surface area contributed by atoms with Crippen LogP contribution in [0.4, 0.5) is 0 Å². The topological polar surface area (TPSA) is 70.7 Å². The lowest BCUT2D eigenvalue weighted by atomic mass is 10.1. The van der Waals surface area contributed by atoms with Crippen LogP contribution in [0, 0.1) is 0 Å². The van der Waals surface area contributed by atoms with Crippen molar-refractivity contribution in [2.24, 2.45) is 0 Å². The molecule has 3 aromatic rings. The van der Waals surface area contributed by atoms with Crippen molar-refractivity contribution >= 4 is 21.9 Å². The summed E-state index contributed by atoms with van der Waals surface area (Å²) in [6.45, 7) is 0. The fraction of sp³-hybridized carbons (Fsp3) is 0. The first-order valence-corrected chi connectivity index (χ1v) is 5.05. The van der Waals surface area contributed by atoms with Gasteiger partial charge in [-0.3, -0.25) is 4.79 Å². The molecule has 0 bridgehead atoms. The highest BCUT2D eigenvalue weighted by Crippen LogP contribution is 2.32. The molecule has 84 valence electrons. The van der Waals surface area contributed by atoms with E-state index in [4.69, 9.17) is 4.42 Å². The molecule has 4 nitrogen and oxygen atoms in total. The van der Waals surface area contributed by atoms with Crippen LogP contribution in [0.3, 0.4) is 0 Å². The number of phenols is 2. The van der Waals surface area contributed by atoms with Crippen molar-refractivity contribution in [3.05, 3.63) is 46.6 Å². The van der Waals surface area contributed by atoms with Gasteiger partial charge in [-0.05, 0) is 24.3 Å². The first-order valence-electron chi connectivity index (χ1n) is 5.05. The quantitative estimate of drug-likeness (QED) is 0.457. The second-order valence-electron chi connectivity index (χ2n) is 3.73. The van der Waals surface area contributed by atoms with Gasteiger partial charge in [-0.25, -0.2) is 0 Å². The molecule has 0 unspecified atom stereocenters. The average Bonchev–Trinajstić information content (AvgIpc) is 2.34. The van der Waals surface area contributed by atoms with E-state index in [9.17, 15) is 15.0 Å². The molecule has 0 saturated heterocycles. The maximum absolute atomic E-state index is 12.1. The van der Waals surface area contributed by atoms with Gasteiger partial charge < -0.3 is 14.6 Å². The molecule has 0 aliphatic rings. The number of hydrogen-bond donors (Lipinski definition) is 2. The van der Waals surface area contributed by atoms with Crippen LogP contribution in [0.1, 0.15) is 0 Å². The highest BCUT2D eigenvalue weighted by molar-refractivity contribution is 5.94. The van der Waals surface area contributed by atoms with Gasteiger partial charge in [0.15, 0.2) is 11.5 Å². The molecule has 0 saturated carbocycles. The number of aromatic hydroxyl groups is 2. The van der Waals surface area contributed by atoms with Crippen LogP contribution in [-0.2, 0) is 0 Å². The smallest absolute Gasteiger partial charge is 0.204 e. The van der Waals surface area contributed by atoms with E-state index in [0.717, 1.165) is 0 Å². The molecule has 2 aromatic carbocycles. The van der Waals surface area contributed by atoms with Crippen LogP contribution >= 0.6 is 0 Å². The van der Waals surface area contributed by atoms with Crippen molar-refractivity contribution in [3.63, 3.8) is 0 Å². The van der Waals surface area contributed by atoms with E-state index in [-0.39, 0.29) is 22.1 Å². The van der Waals surface area contributed by atoms with Gasteiger partial charge in [0, 0.05) is 0 Å². The summed E-state index contributed by atoms with van der Waals surface area (Å²) in [6, 6.07) is 9.51. The Morgan fingerprint density at radius 2 is 1.71 bits per heavy atom. The van der Waals surface area contributed by atoms with Gasteiger partial charge in [0.2, 0.25) is 5.43 Å². The van der Waals surface area contributed by atoms with Gasteiger partial charge >= 0.3 is 0 Å². The summed E-state index contributed by atoms with van der Waals surface area (Å²) in [6.07, 6.45) is 0. The molecule has 0 radical (unpaired) electrons. The molecular weight excluding hydrogens is 220 g/mol. The average molecular weight is 228 g/mol. The zero-order valence-corrected chi connectivity index (χ0v) is 8.68. The van der Waals surface area contributed by atoms with Crippen molar-refractivity contribution in [1.82, 2.24) is 0 Å². The molecule has 4 heteroatoms. The number of para-hydroxylation sites is 1. The SMILES string of the molecule is O=c1c2ccccc2oc2ccc(O)c(O)c12. The third kappa shape index (κ3) is 1.27. The van der Waals surface area contributed by atoms with Crippen LogP contribution in [0.2, 0.25) is 0 Å². The third-order valence-corrected chi connectivity index (χ3v) is 2.70. The van der Waals surface area contributed by atoms with Gasteiger partial charge in [0.25, 0.3) is 0 Å². The lowest BCUT2D eigenvalue weighted by Crippen LogP contribution is -2.02. The number of phenolic OH excluding ortho intramolecular Hbond substituents is 2. The minimum Gasteiger partial charge on any atom is -0.504 e. The predicted molar refractivity (Wildman–Crippen MR) is 63.3 cm³/mol. The number of fused-ring (bicyclic) bond motifs is 2. The van der Waals surface area contributed by atoms with Crippen molar-refractivity contribution in [3.8, 4) is 11.5 Å². The second-order valence-corrected chi connectivity index (χ2v) is 3.73. The first-order chi connectivity index (χ1) is 8.18. The summed E-state index contributed by atoms with van der Waals surface area (Å²) >= 11 is 0. The summed E-state index contributed by atoms with van der Waals surface area (Å²) in [5.74, 6) is -0.776. The van der Waals surface area contributed by atoms with Crippen molar-refractivity contribution in [2.75, 3.05) is 0 Å². The van der Waals surface area contributed by atoms with Crippen LogP contribution in [-0.4, -0.2) is 10.2 Å². The Kier molecular flexibility index (Phi) is 1.86. The molecule has 3 rings (SSSR count). The lowest BCUT2D eigenvalue weighted by Gasteiger charge is -2.03. The van der Waals surface area contributed by atoms with Gasteiger partial charge in [-0.15, -0.1) is 0 Å². The Morgan fingerprint density at radius 1 is 0.941 bits per heavy atom. The van der Waals surface area contributed by atoms with Crippen molar-refractivity contribution in [2.45, 2.75) is 0 Å². The monoisotopic (exact) mass is 228 g/mol. The summed E-state index contributed by atoms with van der Waals surface area (Å²) in [4.78, 5) is 12.1. The second kappa shape index (κ2) is 3.25. The first kappa shape index (κ1) is 9.72. The van der Waals surface area contributed by atoms with Gasteiger partial charge in [-0.1, -0.05) is 12.1 Å². The Balaban J connectivity index is 2.66. The minimum absolute atomic E-state index is 0.00343. The Morgan fingerprint density at radius 3 is 2.53 bits per heavy atom. The fourth-order valence-electron chi connectivity index (χ4n) is 1.86. The van der Waals surface area contributed by atoms with E-state index in [0.29, 0.717) is 11.0 Å². The van der Waals surface area contributed by atoms with Gasteiger partial charge in [0.1, 0.15) is 16.6 Å². The molecule has 2 N–H and O–H groups in total. The van der Waals surface area contributed by atoms with E-state index in [1.54, 1.807) is 24.3 Å². The van der Waals surface area contributed by atoms with Crippen LogP contribution < -0.4 is 5.43 Å². The maximum Gasteiger partial charge on any atom is 0.204 e. The minimum atomic E-state index is -0.443. The molecular formula is C13H8O4. The standard InChI is InChI=1S/C13H8O4/c14-8-5-6-10-11(13(8)16)12(15)7-3-1-2-4-9(7)17-10/h1-6,14,16H. The number of hydrogen-bond acceptors (Lipinski definition) is 4. The third-order valence-electron chi connectivity index (χ3n) is 2.70. The van der Waals surface area contributed by atoms with Gasteiger partial charge in [0.05, 0.1) is 5.39 Å². The Bertz CT molecular complexity index is 786. The van der Waals surface area contributed by atoms with Crippen LogP contribution in [0.25, 0.3) is 21.9 Å². The van der Waals surface area contributed by atoms with E-state index >= 15 is 0 Å². The summed E-state index contributed by atoms with van der Waals surface area (Å²) in [5, 5.41) is 19.5. The lowest BCUT2D eigenvalue weighted by molar-refractivity contribution is 0.407. The van der Waals surface area contributed by atoms with E-state index in [1.807, 2.05) is 0 Å². The molecule has 0 aliphatic heterocycles. The Labute approximate surface area is 95.3 Å². The number of rotatable bonds is 0. The largest absolute Gasteiger partial charge is 0.504 e. The summed E-state index contributed by atoms with van der Waals surface area (Å²) < 4.78 is 5.49. The molecule has 0 spiro atoms. The molecule has 1 aromatic heterocycles. The van der Waals surface area contributed by atoms with Crippen molar-refractivity contribution in [1.29, 1.82) is 0 Å². The predicted octanol–water partition coefficient (Wildman–Crippen LogP) is 2.36. The molecule has 1 heterocycles. The highest BCUT2D eigenvalue weighted by atomic mass is 16.3. The fourth-order valence-corrected chi connectivity index (χ4v) is 1.86. The number of benzene rings is 2. The van der Waals surface area contributed by atoms with Crippen molar-refractivity contribution < 1.29 is 14.6 Å². The zero-order chi connectivity index (χ0) is 12.0. The Hall–Kier alpha value is -2.49. The normalized spacial score (nSPS) is 11.1. The molecule has 0 aliphatic carbocycles. The van der Waals surface area contributed by atoms with Gasteiger partial charge in [-0.2, -0.15) is 0 Å². The van der Waals surface area contributed by atoms with Crippen LogP contribution in [0.5, 0.6) is 11.5 Å². The summed E-state index contributed by atoms with van der Waals surface area (Å²) in [7, 11) is 0. The van der Waals surface area contributed by atoms with Crippen LogP contribution in [0.15, 0.2) is 45.6 Å². The van der Waals surface area contributed by atoms with E-state index < -0.39 is 5.75 Å². The van der Waals surface area contributed by atoms with E-state index in [2.05, 4.69) is 0 Å². The molecule has 17 heavy (non-hydrogen) atoms. The highest BCUT2D eigenvalue weighted by Gasteiger charge is 2.13. The molecule has 0 amide bonds. The molecule has 0 atom stereocenters.